The SMILES string of the molecule is CCCCC(=O)N1CCCN(C(=O)c2cc(OC)c(C)cc2OC)CC1. The zero-order valence-corrected chi connectivity index (χ0v) is 16.3. The summed E-state index contributed by atoms with van der Waals surface area (Å²) in [4.78, 5) is 29.0. The summed E-state index contributed by atoms with van der Waals surface area (Å²) in [6, 6.07) is 3.57. The van der Waals surface area contributed by atoms with Gasteiger partial charge in [-0.1, -0.05) is 13.3 Å². The number of rotatable bonds is 6. The molecule has 0 aromatic heterocycles. The van der Waals surface area contributed by atoms with Crippen LogP contribution in [0.3, 0.4) is 0 Å². The summed E-state index contributed by atoms with van der Waals surface area (Å²) in [6.07, 6.45) is 3.31. The first kappa shape index (κ1) is 20.1. The van der Waals surface area contributed by atoms with E-state index in [0.717, 1.165) is 24.8 Å². The first-order chi connectivity index (χ1) is 12.5. The molecule has 6 nitrogen and oxygen atoms in total. The van der Waals surface area contributed by atoms with E-state index in [9.17, 15) is 9.59 Å². The average molecular weight is 362 g/mol. The zero-order valence-electron chi connectivity index (χ0n) is 16.3. The minimum Gasteiger partial charge on any atom is -0.496 e. The van der Waals surface area contributed by atoms with E-state index >= 15 is 0 Å². The third kappa shape index (κ3) is 4.68. The van der Waals surface area contributed by atoms with Crippen LogP contribution in [-0.4, -0.2) is 62.0 Å². The summed E-state index contributed by atoms with van der Waals surface area (Å²) in [7, 11) is 3.16. The maximum atomic E-state index is 13.0. The number of unbranched alkanes of at least 4 members (excludes halogenated alkanes) is 1. The lowest BCUT2D eigenvalue weighted by Gasteiger charge is -2.23. The van der Waals surface area contributed by atoms with Crippen LogP contribution in [0.4, 0.5) is 0 Å². The molecule has 6 heteroatoms. The molecule has 1 heterocycles. The zero-order chi connectivity index (χ0) is 19.1. The molecular weight excluding hydrogens is 332 g/mol. The molecule has 1 aliphatic rings. The second-order valence-electron chi connectivity index (χ2n) is 6.65. The van der Waals surface area contributed by atoms with Crippen molar-refractivity contribution in [3.63, 3.8) is 0 Å². The third-order valence-corrected chi connectivity index (χ3v) is 4.83. The number of hydrogen-bond donors (Lipinski definition) is 0. The quantitative estimate of drug-likeness (QED) is 0.781. The van der Waals surface area contributed by atoms with Crippen molar-refractivity contribution in [2.45, 2.75) is 39.5 Å². The molecule has 0 bridgehead atoms. The van der Waals surface area contributed by atoms with Crippen molar-refractivity contribution in [1.82, 2.24) is 9.80 Å². The van der Waals surface area contributed by atoms with Gasteiger partial charge in [0.2, 0.25) is 5.91 Å². The highest BCUT2D eigenvalue weighted by atomic mass is 16.5. The monoisotopic (exact) mass is 362 g/mol. The molecule has 2 rings (SSSR count). The Bertz CT molecular complexity index is 645. The molecule has 1 aromatic rings. The molecule has 0 atom stereocenters. The van der Waals surface area contributed by atoms with Gasteiger partial charge < -0.3 is 19.3 Å². The van der Waals surface area contributed by atoms with E-state index in [-0.39, 0.29) is 11.8 Å². The second-order valence-corrected chi connectivity index (χ2v) is 6.65. The third-order valence-electron chi connectivity index (χ3n) is 4.83. The first-order valence-corrected chi connectivity index (χ1v) is 9.31. The molecule has 1 aliphatic heterocycles. The summed E-state index contributed by atoms with van der Waals surface area (Å²) in [5.41, 5.74) is 1.42. The Morgan fingerprint density at radius 3 is 2.31 bits per heavy atom. The lowest BCUT2D eigenvalue weighted by molar-refractivity contribution is -0.131. The lowest BCUT2D eigenvalue weighted by atomic mass is 10.1. The molecule has 0 radical (unpaired) electrons. The number of carbonyl (C=O) groups is 2. The standard InChI is InChI=1S/C20H30N2O4/c1-5-6-8-19(23)21-9-7-10-22(12-11-21)20(24)16-14-17(25-3)15(2)13-18(16)26-4/h13-14H,5-12H2,1-4H3. The van der Waals surface area contributed by atoms with E-state index in [1.165, 1.54) is 0 Å². The van der Waals surface area contributed by atoms with Crippen LogP contribution in [0.25, 0.3) is 0 Å². The lowest BCUT2D eigenvalue weighted by Crippen LogP contribution is -2.37. The molecule has 1 saturated heterocycles. The van der Waals surface area contributed by atoms with Crippen LogP contribution >= 0.6 is 0 Å². The van der Waals surface area contributed by atoms with E-state index in [1.807, 2.05) is 17.9 Å². The highest BCUT2D eigenvalue weighted by Gasteiger charge is 2.25. The predicted molar refractivity (Wildman–Crippen MR) is 101 cm³/mol. The van der Waals surface area contributed by atoms with Crippen molar-refractivity contribution in [2.24, 2.45) is 0 Å². The van der Waals surface area contributed by atoms with Crippen LogP contribution in [0, 0.1) is 6.92 Å². The summed E-state index contributed by atoms with van der Waals surface area (Å²) in [5.74, 6) is 1.33. The molecule has 0 saturated carbocycles. The van der Waals surface area contributed by atoms with Crippen molar-refractivity contribution < 1.29 is 19.1 Å². The minimum atomic E-state index is -0.0805. The second kappa shape index (κ2) is 9.46. The smallest absolute Gasteiger partial charge is 0.257 e. The fourth-order valence-electron chi connectivity index (χ4n) is 3.24. The van der Waals surface area contributed by atoms with Gasteiger partial charge in [0.1, 0.15) is 11.5 Å². The average Bonchev–Trinajstić information content (AvgIpc) is 2.91. The highest BCUT2D eigenvalue weighted by molar-refractivity contribution is 5.97. The molecule has 144 valence electrons. The van der Waals surface area contributed by atoms with Crippen LogP contribution in [0.5, 0.6) is 11.5 Å². The van der Waals surface area contributed by atoms with E-state index in [1.54, 1.807) is 25.2 Å². The van der Waals surface area contributed by atoms with Gasteiger partial charge in [0, 0.05) is 32.6 Å². The van der Waals surface area contributed by atoms with E-state index < -0.39 is 0 Å². The van der Waals surface area contributed by atoms with Crippen molar-refractivity contribution in [1.29, 1.82) is 0 Å². The van der Waals surface area contributed by atoms with Crippen molar-refractivity contribution >= 4 is 11.8 Å². The maximum absolute atomic E-state index is 13.0. The Hall–Kier alpha value is -2.24. The molecule has 1 aromatic carbocycles. The molecule has 26 heavy (non-hydrogen) atoms. The molecule has 0 spiro atoms. The van der Waals surface area contributed by atoms with Gasteiger partial charge in [-0.2, -0.15) is 0 Å². The fraction of sp³-hybridized carbons (Fsp3) is 0.600. The van der Waals surface area contributed by atoms with Gasteiger partial charge in [0.05, 0.1) is 19.8 Å². The van der Waals surface area contributed by atoms with Gasteiger partial charge in [-0.25, -0.2) is 0 Å². The minimum absolute atomic E-state index is 0.0805. The normalized spacial score (nSPS) is 14.8. The van der Waals surface area contributed by atoms with Gasteiger partial charge in [0.25, 0.3) is 5.91 Å². The van der Waals surface area contributed by atoms with E-state index in [2.05, 4.69) is 6.92 Å². The van der Waals surface area contributed by atoms with Crippen molar-refractivity contribution in [2.75, 3.05) is 40.4 Å². The Morgan fingerprint density at radius 2 is 1.65 bits per heavy atom. The van der Waals surface area contributed by atoms with Crippen molar-refractivity contribution in [3.8, 4) is 11.5 Å². The van der Waals surface area contributed by atoms with Crippen LogP contribution in [0.1, 0.15) is 48.5 Å². The summed E-state index contributed by atoms with van der Waals surface area (Å²) < 4.78 is 10.8. The predicted octanol–water partition coefficient (Wildman–Crippen LogP) is 2.88. The number of hydrogen-bond acceptors (Lipinski definition) is 4. The van der Waals surface area contributed by atoms with E-state index in [0.29, 0.717) is 49.7 Å². The topological polar surface area (TPSA) is 59.1 Å². The van der Waals surface area contributed by atoms with Crippen LogP contribution in [-0.2, 0) is 4.79 Å². The van der Waals surface area contributed by atoms with Crippen LogP contribution < -0.4 is 9.47 Å². The summed E-state index contributed by atoms with van der Waals surface area (Å²) in [6.45, 7) is 6.47. The number of amides is 2. The highest BCUT2D eigenvalue weighted by Crippen LogP contribution is 2.29. The summed E-state index contributed by atoms with van der Waals surface area (Å²) >= 11 is 0. The van der Waals surface area contributed by atoms with Crippen LogP contribution in [0.15, 0.2) is 12.1 Å². The van der Waals surface area contributed by atoms with Gasteiger partial charge in [-0.15, -0.1) is 0 Å². The van der Waals surface area contributed by atoms with Gasteiger partial charge in [-0.05, 0) is 37.5 Å². The number of benzene rings is 1. The largest absolute Gasteiger partial charge is 0.496 e. The number of carbonyl (C=O) groups excluding carboxylic acids is 2. The van der Waals surface area contributed by atoms with Gasteiger partial charge in [0.15, 0.2) is 0 Å². The van der Waals surface area contributed by atoms with Gasteiger partial charge in [-0.3, -0.25) is 9.59 Å². The maximum Gasteiger partial charge on any atom is 0.257 e. The number of nitrogens with zero attached hydrogens (tertiary/aromatic N) is 2. The molecule has 1 fully saturated rings. The Balaban J connectivity index is 2.12. The van der Waals surface area contributed by atoms with Crippen LogP contribution in [0.2, 0.25) is 0 Å². The van der Waals surface area contributed by atoms with Gasteiger partial charge >= 0.3 is 0 Å². The Labute approximate surface area is 156 Å². The molecule has 0 aliphatic carbocycles. The number of ether oxygens (including phenoxy) is 2. The molecule has 0 N–H and O–H groups in total. The Kier molecular flexibility index (Phi) is 7.30. The fourth-order valence-corrected chi connectivity index (χ4v) is 3.24. The number of methoxy groups -OCH3 is 2. The molecule has 2 amide bonds. The van der Waals surface area contributed by atoms with E-state index in [4.69, 9.17) is 9.47 Å². The van der Waals surface area contributed by atoms with Crippen molar-refractivity contribution in [3.05, 3.63) is 23.3 Å². The first-order valence-electron chi connectivity index (χ1n) is 9.31. The summed E-state index contributed by atoms with van der Waals surface area (Å²) in [5, 5.41) is 0. The Morgan fingerprint density at radius 1 is 1.00 bits per heavy atom. The molecular formula is C20H30N2O4. The number of aryl methyl sites for hydroxylation is 1. The molecule has 0 unspecified atom stereocenters.